The number of hydrogen-bond acceptors (Lipinski definition) is 1. The Morgan fingerprint density at radius 1 is 0.941 bits per heavy atom. The first-order valence-corrected chi connectivity index (χ1v) is 6.91. The van der Waals surface area contributed by atoms with E-state index in [4.69, 9.17) is 0 Å². The predicted octanol–water partition coefficient (Wildman–Crippen LogP) is 3.75. The highest BCUT2D eigenvalue weighted by molar-refractivity contribution is 5.81. The number of nitrogens with one attached hydrogen (secondary N) is 1. The van der Waals surface area contributed by atoms with Gasteiger partial charge in [0.2, 0.25) is 5.91 Å². The lowest BCUT2D eigenvalue weighted by atomic mass is 9.71. The third-order valence-electron chi connectivity index (χ3n) is 3.97. The maximum atomic E-state index is 11.9. The van der Waals surface area contributed by atoms with Crippen molar-refractivity contribution < 1.29 is 4.79 Å². The van der Waals surface area contributed by atoms with Crippen LogP contribution >= 0.6 is 0 Å². The summed E-state index contributed by atoms with van der Waals surface area (Å²) in [6.45, 7) is 12.9. The van der Waals surface area contributed by atoms with E-state index in [1.54, 1.807) is 0 Å². The van der Waals surface area contributed by atoms with E-state index in [-0.39, 0.29) is 11.3 Å². The molecule has 0 bridgehead atoms. The van der Waals surface area contributed by atoms with E-state index >= 15 is 0 Å². The first-order valence-electron chi connectivity index (χ1n) is 6.91. The average molecular weight is 239 g/mol. The molecule has 0 radical (unpaired) electrons. The van der Waals surface area contributed by atoms with Gasteiger partial charge < -0.3 is 5.32 Å². The number of hydrogen-bond donors (Lipinski definition) is 1. The van der Waals surface area contributed by atoms with Gasteiger partial charge in [0.1, 0.15) is 0 Å². The Morgan fingerprint density at radius 3 is 1.76 bits per heavy atom. The van der Waals surface area contributed by atoms with Crippen LogP contribution in [0.5, 0.6) is 0 Å². The van der Waals surface area contributed by atoms with Gasteiger partial charge in [0.15, 0.2) is 0 Å². The molecule has 0 aromatic rings. The molecule has 0 aromatic heterocycles. The van der Waals surface area contributed by atoms with Crippen molar-refractivity contribution in [1.29, 1.82) is 0 Å². The molecule has 0 heterocycles. The number of carbonyl (C=O) groups excluding carboxylic acids is 1. The Kier molecular flexibility index (Phi) is 4.27. The molecule has 1 aliphatic carbocycles. The summed E-state index contributed by atoms with van der Waals surface area (Å²) in [5.41, 5.74) is 0.153. The summed E-state index contributed by atoms with van der Waals surface area (Å²) in [5.74, 6) is 1.00. The maximum Gasteiger partial charge on any atom is 0.225 e. The van der Waals surface area contributed by atoms with Gasteiger partial charge in [-0.05, 0) is 37.0 Å². The third kappa shape index (κ3) is 4.33. The highest BCUT2D eigenvalue weighted by atomic mass is 16.2. The Bertz CT molecular complexity index is 262. The van der Waals surface area contributed by atoms with Crippen LogP contribution in [-0.2, 0) is 4.79 Å². The van der Waals surface area contributed by atoms with E-state index in [9.17, 15) is 4.79 Å². The van der Waals surface area contributed by atoms with Gasteiger partial charge in [-0.3, -0.25) is 4.79 Å². The summed E-state index contributed by atoms with van der Waals surface area (Å²) in [7, 11) is 0. The fourth-order valence-electron chi connectivity index (χ4n) is 2.51. The van der Waals surface area contributed by atoms with Crippen LogP contribution in [-0.4, -0.2) is 11.9 Å². The zero-order valence-corrected chi connectivity index (χ0v) is 12.4. The number of amides is 1. The molecule has 0 atom stereocenters. The SMILES string of the molecule is CC(C)(C)C(=O)NC1CCC(C(C)(C)C)CC1. The molecule has 2 heteroatoms. The summed E-state index contributed by atoms with van der Waals surface area (Å²) in [6.07, 6.45) is 4.78. The van der Waals surface area contributed by atoms with Crippen LogP contribution in [0.1, 0.15) is 67.2 Å². The Labute approximate surface area is 107 Å². The maximum absolute atomic E-state index is 11.9. The lowest BCUT2D eigenvalue weighted by molar-refractivity contribution is -0.129. The van der Waals surface area contributed by atoms with Crippen molar-refractivity contribution >= 4 is 5.91 Å². The van der Waals surface area contributed by atoms with Crippen molar-refractivity contribution in [2.45, 2.75) is 73.3 Å². The molecule has 0 aliphatic heterocycles. The number of rotatable bonds is 1. The van der Waals surface area contributed by atoms with Crippen molar-refractivity contribution in [2.24, 2.45) is 16.7 Å². The minimum atomic E-state index is -0.263. The van der Waals surface area contributed by atoms with Crippen LogP contribution in [0.3, 0.4) is 0 Å². The monoisotopic (exact) mass is 239 g/mol. The molecular weight excluding hydrogens is 210 g/mol. The highest BCUT2D eigenvalue weighted by Crippen LogP contribution is 2.37. The standard InChI is InChI=1S/C15H29NO/c1-14(2,3)11-7-9-12(10-8-11)16-13(17)15(4,5)6/h11-12H,7-10H2,1-6H3,(H,16,17). The quantitative estimate of drug-likeness (QED) is 0.742. The second-order valence-electron chi connectivity index (χ2n) is 7.64. The second kappa shape index (κ2) is 4.99. The zero-order valence-electron chi connectivity index (χ0n) is 12.4. The van der Waals surface area contributed by atoms with Crippen molar-refractivity contribution in [2.75, 3.05) is 0 Å². The molecular formula is C15H29NO. The first-order chi connectivity index (χ1) is 7.60. The minimum Gasteiger partial charge on any atom is -0.353 e. The van der Waals surface area contributed by atoms with E-state index in [1.807, 2.05) is 20.8 Å². The summed E-state index contributed by atoms with van der Waals surface area (Å²) in [4.78, 5) is 11.9. The van der Waals surface area contributed by atoms with E-state index in [0.717, 1.165) is 18.8 Å². The molecule has 2 nitrogen and oxygen atoms in total. The predicted molar refractivity (Wildman–Crippen MR) is 72.8 cm³/mol. The van der Waals surface area contributed by atoms with Gasteiger partial charge in [0.05, 0.1) is 0 Å². The van der Waals surface area contributed by atoms with Crippen LogP contribution in [0.4, 0.5) is 0 Å². The molecule has 0 saturated heterocycles. The van der Waals surface area contributed by atoms with Crippen LogP contribution in [0, 0.1) is 16.7 Å². The van der Waals surface area contributed by atoms with Gasteiger partial charge in [-0.15, -0.1) is 0 Å². The molecule has 0 spiro atoms. The van der Waals surface area contributed by atoms with Gasteiger partial charge in [0.25, 0.3) is 0 Å². The van der Waals surface area contributed by atoms with Gasteiger partial charge in [0, 0.05) is 11.5 Å². The average Bonchev–Trinajstić information content (AvgIpc) is 2.15. The molecule has 1 fully saturated rings. The molecule has 1 amide bonds. The first kappa shape index (κ1) is 14.5. The summed E-state index contributed by atoms with van der Waals surface area (Å²) in [6, 6.07) is 0.403. The molecule has 100 valence electrons. The summed E-state index contributed by atoms with van der Waals surface area (Å²) in [5, 5.41) is 3.19. The van der Waals surface area contributed by atoms with Crippen LogP contribution in [0.25, 0.3) is 0 Å². The molecule has 1 saturated carbocycles. The molecule has 0 unspecified atom stereocenters. The topological polar surface area (TPSA) is 29.1 Å². The van der Waals surface area contributed by atoms with Gasteiger partial charge in [-0.25, -0.2) is 0 Å². The Hall–Kier alpha value is -0.530. The van der Waals surface area contributed by atoms with Crippen LogP contribution < -0.4 is 5.32 Å². The molecule has 1 aliphatic rings. The molecule has 1 rings (SSSR count). The Balaban J connectivity index is 2.41. The normalized spacial score (nSPS) is 26.7. The largest absolute Gasteiger partial charge is 0.353 e. The van der Waals surface area contributed by atoms with E-state index in [2.05, 4.69) is 26.1 Å². The van der Waals surface area contributed by atoms with Crippen molar-refractivity contribution in [3.8, 4) is 0 Å². The summed E-state index contributed by atoms with van der Waals surface area (Å²) >= 11 is 0. The van der Waals surface area contributed by atoms with Crippen molar-refractivity contribution in [3.05, 3.63) is 0 Å². The molecule has 1 N–H and O–H groups in total. The highest BCUT2D eigenvalue weighted by Gasteiger charge is 2.31. The molecule has 17 heavy (non-hydrogen) atoms. The van der Waals surface area contributed by atoms with Gasteiger partial charge >= 0.3 is 0 Å². The number of carbonyl (C=O) groups is 1. The summed E-state index contributed by atoms with van der Waals surface area (Å²) < 4.78 is 0. The third-order valence-corrected chi connectivity index (χ3v) is 3.97. The lowest BCUT2D eigenvalue weighted by Crippen LogP contribution is -2.44. The Morgan fingerprint density at radius 2 is 1.41 bits per heavy atom. The van der Waals surface area contributed by atoms with E-state index in [0.29, 0.717) is 11.5 Å². The van der Waals surface area contributed by atoms with Gasteiger partial charge in [-0.1, -0.05) is 41.5 Å². The van der Waals surface area contributed by atoms with Crippen molar-refractivity contribution in [1.82, 2.24) is 5.32 Å². The second-order valence-corrected chi connectivity index (χ2v) is 7.64. The molecule has 0 aromatic carbocycles. The zero-order chi connectivity index (χ0) is 13.3. The van der Waals surface area contributed by atoms with E-state index < -0.39 is 0 Å². The smallest absolute Gasteiger partial charge is 0.225 e. The lowest BCUT2D eigenvalue weighted by Gasteiger charge is -2.37. The van der Waals surface area contributed by atoms with Crippen LogP contribution in [0.2, 0.25) is 0 Å². The minimum absolute atomic E-state index is 0.191. The fraction of sp³-hybridized carbons (Fsp3) is 0.933. The fourth-order valence-corrected chi connectivity index (χ4v) is 2.51. The van der Waals surface area contributed by atoms with Crippen LogP contribution in [0.15, 0.2) is 0 Å². The van der Waals surface area contributed by atoms with Gasteiger partial charge in [-0.2, -0.15) is 0 Å². The van der Waals surface area contributed by atoms with E-state index in [1.165, 1.54) is 12.8 Å². The van der Waals surface area contributed by atoms with Crippen molar-refractivity contribution in [3.63, 3.8) is 0 Å².